The van der Waals surface area contributed by atoms with Gasteiger partial charge >= 0.3 is 14.0 Å². The van der Waals surface area contributed by atoms with Crippen LogP contribution >= 0.6 is 7.82 Å². The van der Waals surface area contributed by atoms with Crippen molar-refractivity contribution in [2.75, 3.05) is 47.5 Å². The molecule has 4 unspecified atom stereocenters. The fourth-order valence-corrected chi connectivity index (χ4v) is 10.5. The zero-order valence-electron chi connectivity index (χ0n) is 30.8. The van der Waals surface area contributed by atoms with E-state index in [9.17, 15) is 14.3 Å². The molecule has 9 nitrogen and oxygen atoms in total. The Morgan fingerprint density at radius 3 is 2.38 bits per heavy atom. The SMILES string of the molecule is CC[C@H](/C=C/[C@@H](C)[C@H]1CCC2C3CC=C4C[C@@H](OC(=O)OCCOP(=O)(O)OCC[N+](C)(C)C)CC[C@]4(C)C3CC[C@@]21C)C(C)C.[OH-]. The Kier molecular flexibility index (Phi) is 13.9. The maximum atomic E-state index is 12.5. The first-order valence-corrected chi connectivity index (χ1v) is 19.6. The van der Waals surface area contributed by atoms with E-state index in [1.807, 2.05) is 21.1 Å². The number of hydrogen-bond acceptors (Lipinski definition) is 7. The predicted molar refractivity (Wildman–Crippen MR) is 185 cm³/mol. The molecule has 3 saturated carbocycles. The van der Waals surface area contributed by atoms with Crippen LogP contribution in [0, 0.1) is 52.3 Å². The highest BCUT2D eigenvalue weighted by Gasteiger charge is 2.59. The third-order valence-corrected chi connectivity index (χ3v) is 13.6. The highest BCUT2D eigenvalue weighted by molar-refractivity contribution is 7.47. The van der Waals surface area contributed by atoms with Gasteiger partial charge in [0.1, 0.15) is 25.9 Å². The molecule has 0 aliphatic heterocycles. The van der Waals surface area contributed by atoms with E-state index in [0.29, 0.717) is 40.1 Å². The number of quaternary nitrogens is 1. The van der Waals surface area contributed by atoms with Crippen LogP contribution in [0.3, 0.4) is 0 Å². The molecule has 0 saturated heterocycles. The maximum absolute atomic E-state index is 12.5. The number of phosphoric acid groups is 1. The summed E-state index contributed by atoms with van der Waals surface area (Å²) in [5.41, 5.74) is 2.05. The van der Waals surface area contributed by atoms with E-state index in [0.717, 1.165) is 43.4 Å². The first-order chi connectivity index (χ1) is 21.5. The van der Waals surface area contributed by atoms with Gasteiger partial charge in [-0.25, -0.2) is 9.36 Å². The largest absolute Gasteiger partial charge is 0.870 e. The van der Waals surface area contributed by atoms with Gasteiger partial charge in [-0.2, -0.15) is 0 Å². The third-order valence-electron chi connectivity index (χ3n) is 12.6. The van der Waals surface area contributed by atoms with Crippen LogP contribution in [-0.2, 0) is 23.1 Å². The molecule has 0 aromatic heterocycles. The van der Waals surface area contributed by atoms with Crippen molar-refractivity contribution in [3.8, 4) is 0 Å². The van der Waals surface area contributed by atoms with Crippen LogP contribution in [0.5, 0.6) is 0 Å². The summed E-state index contributed by atoms with van der Waals surface area (Å²) in [6.45, 7) is 14.8. The lowest BCUT2D eigenvalue weighted by molar-refractivity contribution is -0.870. The molecule has 10 heteroatoms. The Labute approximate surface area is 285 Å². The van der Waals surface area contributed by atoms with Gasteiger partial charge in [-0.1, -0.05) is 65.3 Å². The minimum Gasteiger partial charge on any atom is -0.870 e. The fourth-order valence-electron chi connectivity index (χ4n) is 9.83. The highest BCUT2D eigenvalue weighted by Crippen LogP contribution is 2.67. The van der Waals surface area contributed by atoms with Gasteiger partial charge in [-0.3, -0.25) is 9.05 Å². The number of likely N-dealkylation sites (N-methyl/N-ethyl adjacent to an activating group) is 1. The Morgan fingerprint density at radius 2 is 1.72 bits per heavy atom. The normalized spacial score (nSPS) is 34.7. The summed E-state index contributed by atoms with van der Waals surface area (Å²) < 4.78 is 33.5. The molecule has 4 rings (SSSR count). The Morgan fingerprint density at radius 1 is 1.02 bits per heavy atom. The molecule has 2 N–H and O–H groups in total. The molecule has 0 aromatic rings. The van der Waals surface area contributed by atoms with Crippen LogP contribution in [-0.4, -0.2) is 74.6 Å². The number of nitrogens with zero attached hydrogens (tertiary/aromatic N) is 1. The molecule has 10 atom stereocenters. The quantitative estimate of drug-likeness (QED) is 0.0635. The van der Waals surface area contributed by atoms with Gasteiger partial charge in [0.2, 0.25) is 0 Å². The number of hydrogen-bond donors (Lipinski definition) is 1. The van der Waals surface area contributed by atoms with Gasteiger partial charge < -0.3 is 24.3 Å². The van der Waals surface area contributed by atoms with Crippen molar-refractivity contribution in [2.24, 2.45) is 52.3 Å². The van der Waals surface area contributed by atoms with Gasteiger partial charge in [0.05, 0.1) is 27.7 Å². The molecule has 0 spiro atoms. The second kappa shape index (κ2) is 16.2. The lowest BCUT2D eigenvalue weighted by atomic mass is 9.47. The van der Waals surface area contributed by atoms with Gasteiger partial charge in [-0.15, -0.1) is 0 Å². The van der Waals surface area contributed by atoms with E-state index in [1.54, 1.807) is 0 Å². The summed E-state index contributed by atoms with van der Waals surface area (Å²) in [6.07, 6.45) is 16.9. The van der Waals surface area contributed by atoms with Crippen molar-refractivity contribution in [2.45, 2.75) is 105 Å². The topological polar surface area (TPSA) is 121 Å². The molecular formula is C37H66NO8P. The zero-order valence-corrected chi connectivity index (χ0v) is 31.7. The van der Waals surface area contributed by atoms with Gasteiger partial charge in [0.25, 0.3) is 0 Å². The monoisotopic (exact) mass is 683 g/mol. The molecular weight excluding hydrogens is 617 g/mol. The summed E-state index contributed by atoms with van der Waals surface area (Å²) in [4.78, 5) is 22.3. The first kappa shape index (κ1) is 40.2. The number of fused-ring (bicyclic) bond motifs is 5. The van der Waals surface area contributed by atoms with Crippen LogP contribution < -0.4 is 0 Å². The number of allylic oxidation sites excluding steroid dienone is 3. The Bertz CT molecular complexity index is 1150. The van der Waals surface area contributed by atoms with Crippen molar-refractivity contribution < 1.29 is 42.7 Å². The summed E-state index contributed by atoms with van der Waals surface area (Å²) in [7, 11) is 1.70. The molecule has 0 radical (unpaired) electrons. The summed E-state index contributed by atoms with van der Waals surface area (Å²) in [6, 6.07) is 0. The lowest BCUT2D eigenvalue weighted by Gasteiger charge is -2.58. The molecule has 0 aromatic carbocycles. The average Bonchev–Trinajstić information content (AvgIpc) is 3.32. The van der Waals surface area contributed by atoms with Crippen LogP contribution in [0.2, 0.25) is 0 Å². The first-order valence-electron chi connectivity index (χ1n) is 18.1. The number of rotatable bonds is 14. The summed E-state index contributed by atoms with van der Waals surface area (Å²) in [5, 5.41) is 0. The van der Waals surface area contributed by atoms with Crippen molar-refractivity contribution >= 4 is 14.0 Å². The molecule has 3 fully saturated rings. The van der Waals surface area contributed by atoms with E-state index in [4.69, 9.17) is 18.5 Å². The minimum atomic E-state index is -4.19. The van der Waals surface area contributed by atoms with Crippen molar-refractivity contribution in [3.05, 3.63) is 23.8 Å². The Balaban J connectivity index is 0.00000600. The fraction of sp³-hybridized carbons (Fsp3) is 0.865. The minimum absolute atomic E-state index is 0. The second-order valence-electron chi connectivity index (χ2n) is 16.8. The van der Waals surface area contributed by atoms with Crippen LogP contribution in [0.15, 0.2) is 23.8 Å². The lowest BCUT2D eigenvalue weighted by Crippen LogP contribution is -2.51. The molecule has 4 aliphatic carbocycles. The number of carbonyl (C=O) groups excluding carboxylic acids is 1. The molecule has 0 heterocycles. The van der Waals surface area contributed by atoms with Gasteiger partial charge in [-0.05, 0) is 104 Å². The van der Waals surface area contributed by atoms with Crippen LogP contribution in [0.1, 0.15) is 99.3 Å². The molecule has 0 bridgehead atoms. The van der Waals surface area contributed by atoms with E-state index < -0.39 is 14.0 Å². The maximum Gasteiger partial charge on any atom is 0.508 e. The number of phosphoric ester groups is 1. The second-order valence-corrected chi connectivity index (χ2v) is 18.2. The van der Waals surface area contributed by atoms with E-state index in [-0.39, 0.29) is 36.8 Å². The number of carbonyl (C=O) groups is 1. The van der Waals surface area contributed by atoms with E-state index >= 15 is 0 Å². The predicted octanol–water partition coefficient (Wildman–Crippen LogP) is 8.62. The average molecular weight is 684 g/mol. The zero-order chi connectivity index (χ0) is 33.9. The van der Waals surface area contributed by atoms with Gasteiger partial charge in [0, 0.05) is 6.42 Å². The summed E-state index contributed by atoms with van der Waals surface area (Å²) in [5.74, 6) is 5.00. The standard InChI is InChI=1S/C37H64NO7P.H2O/c1-10-28(26(2)3)12-11-27(4)32-15-16-33-31-14-13-29-25-30(17-19-36(29,5)34(31)18-20-37(32,33)6)45-35(39)42-23-24-44-46(40,41)43-22-21-38(7,8)9;/h11-13,26-28,30-34H,10,14-25H2,1-9H3;1H2/b12-11+;/t27-,28-,30+,31?,32-,33?,34?,36+,37-;/m1./s1. The van der Waals surface area contributed by atoms with Crippen LogP contribution in [0.4, 0.5) is 4.79 Å². The molecule has 0 amide bonds. The molecule has 4 aliphatic rings. The summed E-state index contributed by atoms with van der Waals surface area (Å²) >= 11 is 0. The molecule has 272 valence electrons. The smallest absolute Gasteiger partial charge is 0.508 e. The third kappa shape index (κ3) is 9.73. The highest BCUT2D eigenvalue weighted by atomic mass is 31.2. The van der Waals surface area contributed by atoms with Gasteiger partial charge in [0.15, 0.2) is 0 Å². The number of ether oxygens (including phenoxy) is 2. The molecule has 47 heavy (non-hydrogen) atoms. The van der Waals surface area contributed by atoms with E-state index in [1.165, 1.54) is 37.7 Å². The van der Waals surface area contributed by atoms with E-state index in [2.05, 4.69) is 59.8 Å². The van der Waals surface area contributed by atoms with Crippen molar-refractivity contribution in [1.29, 1.82) is 0 Å². The van der Waals surface area contributed by atoms with Crippen molar-refractivity contribution in [1.82, 2.24) is 0 Å². The van der Waals surface area contributed by atoms with Crippen LogP contribution in [0.25, 0.3) is 0 Å². The Hall–Kier alpha value is -1.22. The van der Waals surface area contributed by atoms with Crippen molar-refractivity contribution in [3.63, 3.8) is 0 Å².